The van der Waals surface area contributed by atoms with Crippen molar-refractivity contribution in [1.82, 2.24) is 10.3 Å². The van der Waals surface area contributed by atoms with Crippen LogP contribution in [-0.4, -0.2) is 18.0 Å². The Hall–Kier alpha value is -2.66. The van der Waals surface area contributed by atoms with E-state index in [1.54, 1.807) is 42.8 Å². The SMILES string of the molecule is COc1cccc(C(=O)NCc2ccnc(-c3cccs3)c2)c1. The summed E-state index contributed by atoms with van der Waals surface area (Å²) in [5.74, 6) is 0.542. The van der Waals surface area contributed by atoms with Gasteiger partial charge in [-0.3, -0.25) is 9.78 Å². The Morgan fingerprint density at radius 2 is 2.13 bits per heavy atom. The smallest absolute Gasteiger partial charge is 0.251 e. The predicted octanol–water partition coefficient (Wildman–Crippen LogP) is 3.75. The number of carbonyl (C=O) groups excluding carboxylic acids is 1. The molecule has 0 fully saturated rings. The number of benzene rings is 1. The third kappa shape index (κ3) is 3.76. The van der Waals surface area contributed by atoms with Gasteiger partial charge in [-0.2, -0.15) is 0 Å². The van der Waals surface area contributed by atoms with Crippen LogP contribution in [0.15, 0.2) is 60.1 Å². The lowest BCUT2D eigenvalue weighted by Gasteiger charge is -2.07. The second-order valence-corrected chi connectivity index (χ2v) is 5.89. The third-order valence-corrected chi connectivity index (χ3v) is 4.28. The summed E-state index contributed by atoms with van der Waals surface area (Å²) in [7, 11) is 1.58. The van der Waals surface area contributed by atoms with E-state index in [-0.39, 0.29) is 5.91 Å². The van der Waals surface area contributed by atoms with Crippen molar-refractivity contribution < 1.29 is 9.53 Å². The number of amides is 1. The molecule has 3 aromatic rings. The Morgan fingerprint density at radius 3 is 2.91 bits per heavy atom. The molecule has 0 spiro atoms. The summed E-state index contributed by atoms with van der Waals surface area (Å²) < 4.78 is 5.14. The maximum atomic E-state index is 12.2. The topological polar surface area (TPSA) is 51.2 Å². The molecular formula is C18H16N2O2S. The molecule has 0 radical (unpaired) electrons. The summed E-state index contributed by atoms with van der Waals surface area (Å²) >= 11 is 1.65. The molecule has 0 saturated heterocycles. The summed E-state index contributed by atoms with van der Waals surface area (Å²) in [5, 5.41) is 4.94. The zero-order valence-corrected chi connectivity index (χ0v) is 13.5. The first-order valence-electron chi connectivity index (χ1n) is 7.17. The van der Waals surface area contributed by atoms with Gasteiger partial charge in [0.15, 0.2) is 0 Å². The molecule has 0 aliphatic carbocycles. The van der Waals surface area contributed by atoms with E-state index in [9.17, 15) is 4.79 Å². The summed E-state index contributed by atoms with van der Waals surface area (Å²) in [6, 6.07) is 15.0. The summed E-state index contributed by atoms with van der Waals surface area (Å²) in [5.41, 5.74) is 2.52. The molecule has 1 N–H and O–H groups in total. The van der Waals surface area contributed by atoms with E-state index < -0.39 is 0 Å². The van der Waals surface area contributed by atoms with Gasteiger partial charge in [0.1, 0.15) is 5.75 Å². The van der Waals surface area contributed by atoms with Crippen LogP contribution in [0.3, 0.4) is 0 Å². The van der Waals surface area contributed by atoms with Crippen molar-refractivity contribution in [3.05, 3.63) is 71.2 Å². The third-order valence-electron chi connectivity index (χ3n) is 3.38. The van der Waals surface area contributed by atoms with Crippen LogP contribution in [0.2, 0.25) is 0 Å². The maximum Gasteiger partial charge on any atom is 0.251 e. The van der Waals surface area contributed by atoms with Crippen molar-refractivity contribution in [1.29, 1.82) is 0 Å². The number of thiophene rings is 1. The van der Waals surface area contributed by atoms with E-state index in [1.165, 1.54) is 0 Å². The lowest BCUT2D eigenvalue weighted by atomic mass is 10.2. The first kappa shape index (κ1) is 15.2. The number of hydrogen-bond acceptors (Lipinski definition) is 4. The molecule has 2 heterocycles. The van der Waals surface area contributed by atoms with E-state index in [0.717, 1.165) is 16.1 Å². The van der Waals surface area contributed by atoms with Crippen LogP contribution in [0.5, 0.6) is 5.75 Å². The molecule has 3 rings (SSSR count). The van der Waals surface area contributed by atoms with Crippen molar-refractivity contribution >= 4 is 17.2 Å². The molecule has 0 saturated carbocycles. The highest BCUT2D eigenvalue weighted by Crippen LogP contribution is 2.23. The number of nitrogens with zero attached hydrogens (tertiary/aromatic N) is 1. The van der Waals surface area contributed by atoms with Gasteiger partial charge in [0.2, 0.25) is 0 Å². The maximum absolute atomic E-state index is 12.2. The zero-order valence-electron chi connectivity index (χ0n) is 12.7. The normalized spacial score (nSPS) is 10.3. The van der Waals surface area contributed by atoms with E-state index in [1.807, 2.05) is 35.7 Å². The van der Waals surface area contributed by atoms with Gasteiger partial charge in [-0.05, 0) is 47.3 Å². The van der Waals surface area contributed by atoms with Gasteiger partial charge >= 0.3 is 0 Å². The molecule has 0 aliphatic rings. The van der Waals surface area contributed by atoms with Crippen LogP contribution in [-0.2, 0) is 6.54 Å². The Labute approximate surface area is 138 Å². The Balaban J connectivity index is 1.68. The van der Waals surface area contributed by atoms with Crippen LogP contribution < -0.4 is 10.1 Å². The zero-order chi connectivity index (χ0) is 16.1. The number of nitrogens with one attached hydrogen (secondary N) is 1. The molecule has 5 heteroatoms. The van der Waals surface area contributed by atoms with Gasteiger partial charge in [-0.15, -0.1) is 11.3 Å². The number of pyridine rings is 1. The number of ether oxygens (including phenoxy) is 1. The second kappa shape index (κ2) is 7.07. The standard InChI is InChI=1S/C18H16N2O2S/c1-22-15-5-2-4-14(11-15)18(21)20-12-13-7-8-19-16(10-13)17-6-3-9-23-17/h2-11H,12H2,1H3,(H,20,21). The number of hydrogen-bond donors (Lipinski definition) is 1. The molecule has 2 aromatic heterocycles. The monoisotopic (exact) mass is 324 g/mol. The molecule has 23 heavy (non-hydrogen) atoms. The van der Waals surface area contributed by atoms with Crippen molar-refractivity contribution in [2.24, 2.45) is 0 Å². The first-order chi connectivity index (χ1) is 11.3. The fourth-order valence-electron chi connectivity index (χ4n) is 2.19. The van der Waals surface area contributed by atoms with Crippen molar-refractivity contribution in [2.75, 3.05) is 7.11 Å². The predicted molar refractivity (Wildman–Crippen MR) is 91.7 cm³/mol. The lowest BCUT2D eigenvalue weighted by molar-refractivity contribution is 0.0950. The molecule has 0 bridgehead atoms. The van der Waals surface area contributed by atoms with Crippen LogP contribution >= 0.6 is 11.3 Å². The minimum absolute atomic E-state index is 0.126. The van der Waals surface area contributed by atoms with Crippen LogP contribution in [0.4, 0.5) is 0 Å². The first-order valence-corrected chi connectivity index (χ1v) is 8.05. The van der Waals surface area contributed by atoms with E-state index in [0.29, 0.717) is 17.9 Å². The number of rotatable bonds is 5. The van der Waals surface area contributed by atoms with Crippen LogP contribution in [0.25, 0.3) is 10.6 Å². The number of aromatic nitrogens is 1. The van der Waals surface area contributed by atoms with Gasteiger partial charge in [0.25, 0.3) is 5.91 Å². The molecule has 0 unspecified atom stereocenters. The molecular weight excluding hydrogens is 308 g/mol. The molecule has 4 nitrogen and oxygen atoms in total. The molecule has 1 amide bonds. The van der Waals surface area contributed by atoms with E-state index in [2.05, 4.69) is 10.3 Å². The van der Waals surface area contributed by atoms with Crippen LogP contribution in [0, 0.1) is 0 Å². The fourth-order valence-corrected chi connectivity index (χ4v) is 2.89. The molecule has 1 aromatic carbocycles. The molecule has 0 atom stereocenters. The van der Waals surface area contributed by atoms with E-state index in [4.69, 9.17) is 4.74 Å². The van der Waals surface area contributed by atoms with Crippen molar-refractivity contribution in [3.8, 4) is 16.3 Å². The number of carbonyl (C=O) groups is 1. The van der Waals surface area contributed by atoms with Gasteiger partial charge in [0.05, 0.1) is 17.7 Å². The van der Waals surface area contributed by atoms with Gasteiger partial charge < -0.3 is 10.1 Å². The largest absolute Gasteiger partial charge is 0.497 e. The van der Waals surface area contributed by atoms with Crippen molar-refractivity contribution in [3.63, 3.8) is 0 Å². The average molecular weight is 324 g/mol. The molecule has 0 aliphatic heterocycles. The van der Waals surface area contributed by atoms with Gasteiger partial charge in [-0.1, -0.05) is 12.1 Å². The van der Waals surface area contributed by atoms with Crippen LogP contribution in [0.1, 0.15) is 15.9 Å². The highest BCUT2D eigenvalue weighted by Gasteiger charge is 2.07. The highest BCUT2D eigenvalue weighted by molar-refractivity contribution is 7.13. The minimum Gasteiger partial charge on any atom is -0.497 e. The second-order valence-electron chi connectivity index (χ2n) is 4.94. The fraction of sp³-hybridized carbons (Fsp3) is 0.111. The van der Waals surface area contributed by atoms with E-state index >= 15 is 0 Å². The Bertz CT molecular complexity index is 800. The van der Waals surface area contributed by atoms with Gasteiger partial charge in [0, 0.05) is 18.3 Å². The van der Waals surface area contributed by atoms with Crippen molar-refractivity contribution in [2.45, 2.75) is 6.54 Å². The quantitative estimate of drug-likeness (QED) is 0.777. The lowest BCUT2D eigenvalue weighted by Crippen LogP contribution is -2.22. The summed E-state index contributed by atoms with van der Waals surface area (Å²) in [6.45, 7) is 0.455. The Morgan fingerprint density at radius 1 is 1.22 bits per heavy atom. The highest BCUT2D eigenvalue weighted by atomic mass is 32.1. The van der Waals surface area contributed by atoms with Gasteiger partial charge in [-0.25, -0.2) is 0 Å². The number of methoxy groups -OCH3 is 1. The molecule has 116 valence electrons. The summed E-state index contributed by atoms with van der Waals surface area (Å²) in [4.78, 5) is 17.7. The average Bonchev–Trinajstić information content (AvgIpc) is 3.14. The minimum atomic E-state index is -0.126. The Kier molecular flexibility index (Phi) is 4.68. The summed E-state index contributed by atoms with van der Waals surface area (Å²) in [6.07, 6.45) is 1.77.